The Morgan fingerprint density at radius 3 is 2.14 bits per heavy atom. The van der Waals surface area contributed by atoms with Crippen LogP contribution >= 0.6 is 0 Å². The van der Waals surface area contributed by atoms with E-state index in [9.17, 15) is 17.6 Å². The highest BCUT2D eigenvalue weighted by atomic mass is 28.3. The summed E-state index contributed by atoms with van der Waals surface area (Å²) in [6.07, 6.45) is 7.95. The quantitative estimate of drug-likeness (QED) is 0.262. The van der Waals surface area contributed by atoms with Crippen LogP contribution in [-0.4, -0.2) is 15.4 Å². The van der Waals surface area contributed by atoms with E-state index in [0.717, 1.165) is 18.1 Å². The predicted octanol–water partition coefficient (Wildman–Crippen LogP) is 6.66. The molecule has 1 heterocycles. The number of halogens is 4. The maximum absolute atomic E-state index is 14.0. The fraction of sp³-hybridized carbons (Fsp3) is 0.478. The van der Waals surface area contributed by atoms with Gasteiger partial charge in [-0.2, -0.15) is 8.78 Å². The summed E-state index contributed by atoms with van der Waals surface area (Å²) in [7, 11) is -0.975. The van der Waals surface area contributed by atoms with Crippen molar-refractivity contribution in [3.8, 4) is 16.9 Å². The molecular formula is C23H28F4OSi. The van der Waals surface area contributed by atoms with Crippen molar-refractivity contribution in [3.05, 3.63) is 48.0 Å². The highest BCUT2D eigenvalue weighted by Gasteiger charge is 2.23. The van der Waals surface area contributed by atoms with E-state index >= 15 is 0 Å². The van der Waals surface area contributed by atoms with Crippen LogP contribution in [0, 0.1) is 17.6 Å². The first-order chi connectivity index (χ1) is 14.0. The molecule has 1 aliphatic rings. The number of unbranched alkanes of at least 4 members (excludes halogenated alkanes) is 2. The fourth-order valence-electron chi connectivity index (χ4n) is 4.34. The Labute approximate surface area is 171 Å². The van der Waals surface area contributed by atoms with Crippen molar-refractivity contribution < 1.29 is 22.3 Å². The van der Waals surface area contributed by atoms with E-state index in [2.05, 4.69) is 23.8 Å². The van der Waals surface area contributed by atoms with Gasteiger partial charge in [0.1, 0.15) is 0 Å². The Bertz CT molecular complexity index is 763. The van der Waals surface area contributed by atoms with Crippen molar-refractivity contribution in [2.75, 3.05) is 0 Å². The number of ether oxygens (including phenoxy) is 1. The van der Waals surface area contributed by atoms with Gasteiger partial charge in [0, 0.05) is 0 Å². The van der Waals surface area contributed by atoms with Gasteiger partial charge >= 0.3 is 6.61 Å². The van der Waals surface area contributed by atoms with Crippen molar-refractivity contribution >= 4 is 14.0 Å². The van der Waals surface area contributed by atoms with Crippen LogP contribution in [0.5, 0.6) is 5.75 Å². The third kappa shape index (κ3) is 5.84. The standard InChI is InChI=1S/C23H28F4OSi/c1-2-3-4-5-16-10-12-29(13-11-16)19-8-6-17(7-9-19)18-14-20(24)22(21(25)15-18)28-23(26)27/h6-9,14-16,23,29H,2-5,10-13H2,1H3. The second-order valence-corrected chi connectivity index (χ2v) is 11.2. The largest absolute Gasteiger partial charge is 0.429 e. The molecule has 0 atom stereocenters. The molecule has 6 heteroatoms. The summed E-state index contributed by atoms with van der Waals surface area (Å²) in [5, 5.41) is 1.39. The summed E-state index contributed by atoms with van der Waals surface area (Å²) in [5.41, 5.74) is 0.979. The third-order valence-corrected chi connectivity index (χ3v) is 9.37. The van der Waals surface area contributed by atoms with Gasteiger partial charge in [0.05, 0.1) is 8.80 Å². The first-order valence-electron chi connectivity index (χ1n) is 10.5. The zero-order valence-electron chi connectivity index (χ0n) is 16.8. The summed E-state index contributed by atoms with van der Waals surface area (Å²) >= 11 is 0. The summed E-state index contributed by atoms with van der Waals surface area (Å²) in [6.45, 7) is -1.03. The van der Waals surface area contributed by atoms with Gasteiger partial charge in [-0.15, -0.1) is 0 Å². The molecule has 158 valence electrons. The highest BCUT2D eigenvalue weighted by Crippen LogP contribution is 2.31. The predicted molar refractivity (Wildman–Crippen MR) is 112 cm³/mol. The molecule has 1 fully saturated rings. The number of hydrogen-bond donors (Lipinski definition) is 0. The molecule has 0 unspecified atom stereocenters. The van der Waals surface area contributed by atoms with E-state index in [4.69, 9.17) is 0 Å². The van der Waals surface area contributed by atoms with E-state index in [1.807, 2.05) is 12.1 Å². The van der Waals surface area contributed by atoms with Crippen LogP contribution < -0.4 is 9.92 Å². The monoisotopic (exact) mass is 424 g/mol. The summed E-state index contributed by atoms with van der Waals surface area (Å²) < 4.78 is 56.4. The lowest BCUT2D eigenvalue weighted by Crippen LogP contribution is -2.33. The van der Waals surface area contributed by atoms with Gasteiger partial charge in [0.2, 0.25) is 0 Å². The molecule has 0 saturated carbocycles. The second-order valence-electron chi connectivity index (χ2n) is 7.98. The zero-order valence-corrected chi connectivity index (χ0v) is 17.9. The van der Waals surface area contributed by atoms with Crippen LogP contribution in [0.3, 0.4) is 0 Å². The Morgan fingerprint density at radius 2 is 1.59 bits per heavy atom. The second kappa shape index (κ2) is 10.3. The molecule has 3 rings (SSSR count). The Balaban J connectivity index is 1.64. The first kappa shape index (κ1) is 21.9. The van der Waals surface area contributed by atoms with Crippen LogP contribution in [0.2, 0.25) is 12.1 Å². The lowest BCUT2D eigenvalue weighted by molar-refractivity contribution is -0.0546. The molecule has 0 aliphatic carbocycles. The van der Waals surface area contributed by atoms with E-state index < -0.39 is 32.8 Å². The van der Waals surface area contributed by atoms with Crippen LogP contribution in [0.25, 0.3) is 11.1 Å². The first-order valence-corrected chi connectivity index (χ1v) is 12.7. The van der Waals surface area contributed by atoms with Gasteiger partial charge in [-0.1, -0.05) is 87.0 Å². The van der Waals surface area contributed by atoms with Crippen molar-refractivity contribution in [1.82, 2.24) is 0 Å². The van der Waals surface area contributed by atoms with E-state index in [0.29, 0.717) is 11.1 Å². The fourth-order valence-corrected chi connectivity index (χ4v) is 7.78. The molecule has 2 aromatic carbocycles. The molecule has 0 amide bonds. The number of benzene rings is 2. The minimum absolute atomic E-state index is 0.314. The Kier molecular flexibility index (Phi) is 7.75. The molecule has 2 aromatic rings. The minimum atomic E-state index is -3.27. The SMILES string of the molecule is CCCCCC1CC[SiH](c2ccc(-c3cc(F)c(OC(F)F)c(F)c3)cc2)CC1. The van der Waals surface area contributed by atoms with Gasteiger partial charge in [-0.3, -0.25) is 0 Å². The molecule has 0 radical (unpaired) electrons. The molecule has 0 N–H and O–H groups in total. The molecule has 0 spiro atoms. The van der Waals surface area contributed by atoms with Crippen molar-refractivity contribution in [1.29, 1.82) is 0 Å². The normalized spacial score (nSPS) is 19.5. The lowest BCUT2D eigenvalue weighted by Gasteiger charge is -2.28. The Hall–Kier alpha value is -1.82. The molecule has 1 aliphatic heterocycles. The van der Waals surface area contributed by atoms with Gasteiger partial charge in [-0.25, -0.2) is 8.78 Å². The van der Waals surface area contributed by atoms with Gasteiger partial charge in [0.25, 0.3) is 0 Å². The van der Waals surface area contributed by atoms with Gasteiger partial charge < -0.3 is 4.74 Å². The van der Waals surface area contributed by atoms with Crippen molar-refractivity contribution in [2.24, 2.45) is 5.92 Å². The van der Waals surface area contributed by atoms with Crippen molar-refractivity contribution in [3.63, 3.8) is 0 Å². The topological polar surface area (TPSA) is 9.23 Å². The smallest absolute Gasteiger partial charge is 0.387 e. The summed E-state index contributed by atoms with van der Waals surface area (Å²) in [6, 6.07) is 12.6. The maximum Gasteiger partial charge on any atom is 0.387 e. The average Bonchev–Trinajstić information content (AvgIpc) is 2.71. The van der Waals surface area contributed by atoms with Crippen LogP contribution in [-0.2, 0) is 0 Å². The summed E-state index contributed by atoms with van der Waals surface area (Å²) in [4.78, 5) is 0. The number of hydrogen-bond acceptors (Lipinski definition) is 1. The minimum Gasteiger partial charge on any atom is -0.429 e. The number of alkyl halides is 2. The molecule has 1 saturated heterocycles. The third-order valence-electron chi connectivity index (χ3n) is 5.98. The molecule has 0 aromatic heterocycles. The lowest BCUT2D eigenvalue weighted by atomic mass is 9.96. The van der Waals surface area contributed by atoms with Crippen LogP contribution in [0.15, 0.2) is 36.4 Å². The molecule has 0 bridgehead atoms. The highest BCUT2D eigenvalue weighted by molar-refractivity contribution is 6.73. The summed E-state index contributed by atoms with van der Waals surface area (Å²) in [5.74, 6) is -2.41. The van der Waals surface area contributed by atoms with Crippen LogP contribution in [0.4, 0.5) is 17.6 Å². The van der Waals surface area contributed by atoms with Gasteiger partial charge in [-0.05, 0) is 29.2 Å². The van der Waals surface area contributed by atoms with Crippen LogP contribution in [0.1, 0.15) is 45.4 Å². The molecule has 1 nitrogen and oxygen atoms in total. The molecular weight excluding hydrogens is 396 g/mol. The Morgan fingerprint density at radius 1 is 0.966 bits per heavy atom. The molecule has 29 heavy (non-hydrogen) atoms. The van der Waals surface area contributed by atoms with E-state index in [-0.39, 0.29) is 0 Å². The van der Waals surface area contributed by atoms with E-state index in [1.165, 1.54) is 55.8 Å². The van der Waals surface area contributed by atoms with E-state index in [1.54, 1.807) is 0 Å². The van der Waals surface area contributed by atoms with Gasteiger partial charge in [0.15, 0.2) is 17.4 Å². The zero-order chi connectivity index (χ0) is 20.8. The average molecular weight is 425 g/mol. The number of rotatable bonds is 8. The van der Waals surface area contributed by atoms with Crippen molar-refractivity contribution in [2.45, 2.75) is 64.1 Å². The maximum atomic E-state index is 14.0.